The molecule has 1 aliphatic heterocycles. The first-order valence-electron chi connectivity index (χ1n) is 9.84. The number of rotatable bonds is 5. The molecular formula is C21H25N3O4. The predicted molar refractivity (Wildman–Crippen MR) is 106 cm³/mol. The Kier molecular flexibility index (Phi) is 5.07. The predicted octanol–water partition coefficient (Wildman–Crippen LogP) is 2.06. The van der Waals surface area contributed by atoms with Crippen molar-refractivity contribution in [1.82, 2.24) is 15.2 Å². The van der Waals surface area contributed by atoms with Crippen LogP contribution < -0.4 is 15.5 Å². The summed E-state index contributed by atoms with van der Waals surface area (Å²) in [6, 6.07) is 5.50. The number of nitrogens with one attached hydrogen (secondary N) is 2. The number of pyridine rings is 1. The third-order valence-electron chi connectivity index (χ3n) is 5.89. The van der Waals surface area contributed by atoms with Crippen molar-refractivity contribution in [2.45, 2.75) is 38.1 Å². The third kappa shape index (κ3) is 3.48. The Morgan fingerprint density at radius 1 is 1.29 bits per heavy atom. The number of ether oxygens (including phenoxy) is 1. The highest BCUT2D eigenvalue weighted by atomic mass is 16.5. The molecule has 1 aliphatic carbocycles. The maximum Gasteiger partial charge on any atom is 0.256 e. The smallest absolute Gasteiger partial charge is 0.256 e. The highest BCUT2D eigenvalue weighted by molar-refractivity contribution is 5.97. The van der Waals surface area contributed by atoms with E-state index in [-0.39, 0.29) is 22.8 Å². The van der Waals surface area contributed by atoms with E-state index in [0.29, 0.717) is 42.2 Å². The van der Waals surface area contributed by atoms with Gasteiger partial charge in [-0.25, -0.2) is 0 Å². The molecule has 2 amide bonds. The van der Waals surface area contributed by atoms with Gasteiger partial charge in [0.2, 0.25) is 11.3 Å². The number of hydrogen-bond acceptors (Lipinski definition) is 4. The van der Waals surface area contributed by atoms with E-state index in [1.165, 1.54) is 26.1 Å². The molecule has 1 unspecified atom stereocenters. The number of carbonyl (C=O) groups is 2. The Morgan fingerprint density at radius 2 is 2.07 bits per heavy atom. The van der Waals surface area contributed by atoms with Crippen molar-refractivity contribution in [3.05, 3.63) is 40.2 Å². The minimum absolute atomic E-state index is 0.0673. The molecule has 1 saturated carbocycles. The van der Waals surface area contributed by atoms with Gasteiger partial charge < -0.3 is 19.9 Å². The van der Waals surface area contributed by atoms with Crippen LogP contribution in [-0.2, 0) is 4.79 Å². The molecule has 0 spiro atoms. The standard InChI is InChI=1S/C21H25N3O4/c1-28-15-6-7-18-16(9-15)20(26)17(11-22-18)21(27)23-10-13-8-19(25)24(12-13)14-4-2-3-5-14/h6-7,9,11,13-14H,2-5,8,10,12H2,1H3,(H,22,26)(H,23,27). The van der Waals surface area contributed by atoms with Gasteiger partial charge in [-0.2, -0.15) is 0 Å². The molecule has 0 bridgehead atoms. The Morgan fingerprint density at radius 3 is 2.82 bits per heavy atom. The maximum atomic E-state index is 12.7. The van der Waals surface area contributed by atoms with Gasteiger partial charge in [-0.05, 0) is 31.0 Å². The fourth-order valence-electron chi connectivity index (χ4n) is 4.34. The number of aromatic nitrogens is 1. The average molecular weight is 383 g/mol. The summed E-state index contributed by atoms with van der Waals surface area (Å²) in [5, 5.41) is 3.25. The number of hydrogen-bond donors (Lipinski definition) is 2. The lowest BCUT2D eigenvalue weighted by atomic mass is 10.1. The van der Waals surface area contributed by atoms with Crippen molar-refractivity contribution < 1.29 is 14.3 Å². The molecule has 28 heavy (non-hydrogen) atoms. The van der Waals surface area contributed by atoms with Crippen molar-refractivity contribution >= 4 is 22.7 Å². The molecule has 1 saturated heterocycles. The quantitative estimate of drug-likeness (QED) is 0.827. The minimum Gasteiger partial charge on any atom is -0.497 e. The summed E-state index contributed by atoms with van der Waals surface area (Å²) in [7, 11) is 1.53. The number of nitrogens with zero attached hydrogens (tertiary/aromatic N) is 1. The summed E-state index contributed by atoms with van der Waals surface area (Å²) < 4.78 is 5.16. The molecule has 7 heteroatoms. The van der Waals surface area contributed by atoms with Gasteiger partial charge in [-0.3, -0.25) is 14.4 Å². The molecule has 2 aliphatic rings. The number of benzene rings is 1. The van der Waals surface area contributed by atoms with Crippen LogP contribution >= 0.6 is 0 Å². The van der Waals surface area contributed by atoms with Crippen LogP contribution in [0, 0.1) is 5.92 Å². The first-order chi connectivity index (χ1) is 13.6. The summed E-state index contributed by atoms with van der Waals surface area (Å²) >= 11 is 0. The number of likely N-dealkylation sites (tertiary alicyclic amines) is 1. The number of carbonyl (C=O) groups excluding carboxylic acids is 2. The van der Waals surface area contributed by atoms with Crippen LogP contribution in [0.4, 0.5) is 0 Å². The molecule has 1 aromatic carbocycles. The van der Waals surface area contributed by atoms with E-state index in [9.17, 15) is 14.4 Å². The van der Waals surface area contributed by atoms with Gasteiger partial charge in [-0.1, -0.05) is 12.8 Å². The zero-order chi connectivity index (χ0) is 19.7. The molecule has 2 fully saturated rings. The van der Waals surface area contributed by atoms with Crippen LogP contribution in [0.15, 0.2) is 29.2 Å². The molecule has 2 N–H and O–H groups in total. The van der Waals surface area contributed by atoms with Crippen LogP contribution in [-0.4, -0.2) is 47.9 Å². The Bertz CT molecular complexity index is 962. The maximum absolute atomic E-state index is 12.7. The number of aromatic amines is 1. The van der Waals surface area contributed by atoms with E-state index in [0.717, 1.165) is 12.8 Å². The fraction of sp³-hybridized carbons (Fsp3) is 0.476. The van der Waals surface area contributed by atoms with E-state index in [2.05, 4.69) is 10.3 Å². The van der Waals surface area contributed by atoms with Crippen molar-refractivity contribution in [2.24, 2.45) is 5.92 Å². The highest BCUT2D eigenvalue weighted by Gasteiger charge is 2.35. The second-order valence-electron chi connectivity index (χ2n) is 7.71. The Hall–Kier alpha value is -2.83. The van der Waals surface area contributed by atoms with E-state index in [1.54, 1.807) is 18.2 Å². The number of methoxy groups -OCH3 is 1. The monoisotopic (exact) mass is 383 g/mol. The summed E-state index contributed by atoms with van der Waals surface area (Å²) in [5.74, 6) is 0.420. The molecule has 4 rings (SSSR count). The zero-order valence-corrected chi connectivity index (χ0v) is 16.0. The van der Waals surface area contributed by atoms with Crippen LogP contribution in [0.3, 0.4) is 0 Å². The fourth-order valence-corrected chi connectivity index (χ4v) is 4.34. The lowest BCUT2D eigenvalue weighted by Crippen LogP contribution is -2.36. The van der Waals surface area contributed by atoms with Crippen LogP contribution in [0.5, 0.6) is 5.75 Å². The number of fused-ring (bicyclic) bond motifs is 1. The second-order valence-corrected chi connectivity index (χ2v) is 7.71. The van der Waals surface area contributed by atoms with Crippen LogP contribution in [0.1, 0.15) is 42.5 Å². The van der Waals surface area contributed by atoms with Crippen molar-refractivity contribution in [2.75, 3.05) is 20.2 Å². The SMILES string of the molecule is COc1ccc2[nH]cc(C(=O)NCC3CC(=O)N(C4CCCC4)C3)c(=O)c2c1. The third-order valence-corrected chi connectivity index (χ3v) is 5.89. The van der Waals surface area contributed by atoms with Gasteiger partial charge in [0.25, 0.3) is 5.91 Å². The van der Waals surface area contributed by atoms with Crippen LogP contribution in [0.2, 0.25) is 0 Å². The van der Waals surface area contributed by atoms with Gasteiger partial charge in [-0.15, -0.1) is 0 Å². The summed E-state index contributed by atoms with van der Waals surface area (Å²) in [6.45, 7) is 1.08. The van der Waals surface area contributed by atoms with Crippen LogP contribution in [0.25, 0.3) is 10.9 Å². The first kappa shape index (κ1) is 18.5. The average Bonchev–Trinajstić information content (AvgIpc) is 3.35. The van der Waals surface area contributed by atoms with E-state index in [4.69, 9.17) is 4.74 Å². The Labute approximate surface area is 163 Å². The van der Waals surface area contributed by atoms with Gasteiger partial charge in [0.15, 0.2) is 0 Å². The van der Waals surface area contributed by atoms with E-state index >= 15 is 0 Å². The van der Waals surface area contributed by atoms with Crippen molar-refractivity contribution in [1.29, 1.82) is 0 Å². The highest BCUT2D eigenvalue weighted by Crippen LogP contribution is 2.29. The summed E-state index contributed by atoms with van der Waals surface area (Å²) in [4.78, 5) is 42.6. The molecule has 1 atom stereocenters. The minimum atomic E-state index is -0.419. The molecule has 2 heterocycles. The topological polar surface area (TPSA) is 91.5 Å². The van der Waals surface area contributed by atoms with E-state index in [1.807, 2.05) is 4.90 Å². The number of H-pyrrole nitrogens is 1. The summed E-state index contributed by atoms with van der Waals surface area (Å²) in [5.41, 5.74) is 0.383. The molecule has 148 valence electrons. The lowest BCUT2D eigenvalue weighted by molar-refractivity contribution is -0.129. The largest absolute Gasteiger partial charge is 0.497 e. The molecular weight excluding hydrogens is 358 g/mol. The van der Waals surface area contributed by atoms with Crippen molar-refractivity contribution in [3.63, 3.8) is 0 Å². The van der Waals surface area contributed by atoms with Gasteiger partial charge >= 0.3 is 0 Å². The van der Waals surface area contributed by atoms with Gasteiger partial charge in [0.05, 0.1) is 7.11 Å². The molecule has 7 nitrogen and oxygen atoms in total. The van der Waals surface area contributed by atoms with E-state index < -0.39 is 5.91 Å². The molecule has 1 aromatic heterocycles. The molecule has 0 radical (unpaired) electrons. The second kappa shape index (κ2) is 7.66. The number of amides is 2. The normalized spacial score (nSPS) is 20.1. The zero-order valence-electron chi connectivity index (χ0n) is 16.0. The molecule has 2 aromatic rings. The Balaban J connectivity index is 1.43. The first-order valence-corrected chi connectivity index (χ1v) is 9.84. The van der Waals surface area contributed by atoms with Gasteiger partial charge in [0, 0.05) is 48.6 Å². The van der Waals surface area contributed by atoms with Gasteiger partial charge in [0.1, 0.15) is 11.3 Å². The summed E-state index contributed by atoms with van der Waals surface area (Å²) in [6.07, 6.45) is 6.44. The lowest BCUT2D eigenvalue weighted by Gasteiger charge is -2.24. The van der Waals surface area contributed by atoms with Crippen molar-refractivity contribution in [3.8, 4) is 5.75 Å².